The average molecular weight is 298 g/mol. The molecule has 0 aliphatic carbocycles. The van der Waals surface area contributed by atoms with E-state index in [2.05, 4.69) is 10.6 Å². The van der Waals surface area contributed by atoms with Crippen molar-refractivity contribution in [1.29, 1.82) is 0 Å². The maximum Gasteiger partial charge on any atom is 0.252 e. The van der Waals surface area contributed by atoms with Gasteiger partial charge in [0.15, 0.2) is 0 Å². The Morgan fingerprint density at radius 2 is 2.05 bits per heavy atom. The Morgan fingerprint density at radius 3 is 2.60 bits per heavy atom. The molecule has 4 N–H and O–H groups in total. The standard InChI is InChI=1S/C14H20ClN3O2/c1-4-8(2)12(16)14(20)18-9-5-6-11(15)10(7-9)13(19)17-3/h5-8,12H,4,16H2,1-3H3,(H,17,19)(H,18,20)/t8?,12-/m0/s1. The highest BCUT2D eigenvalue weighted by molar-refractivity contribution is 6.34. The molecule has 0 radical (unpaired) electrons. The van der Waals surface area contributed by atoms with E-state index in [1.807, 2.05) is 13.8 Å². The summed E-state index contributed by atoms with van der Waals surface area (Å²) in [5.74, 6) is -0.498. The highest BCUT2D eigenvalue weighted by Crippen LogP contribution is 2.21. The number of carbonyl (C=O) groups is 2. The summed E-state index contributed by atoms with van der Waals surface area (Å²) in [6.07, 6.45) is 0.818. The molecular formula is C14H20ClN3O2. The van der Waals surface area contributed by atoms with Crippen LogP contribution in [0.5, 0.6) is 0 Å². The maximum atomic E-state index is 12.0. The number of amides is 2. The van der Waals surface area contributed by atoms with Gasteiger partial charge in [-0.05, 0) is 24.1 Å². The van der Waals surface area contributed by atoms with Crippen LogP contribution in [0.15, 0.2) is 18.2 Å². The fourth-order valence-electron chi connectivity index (χ4n) is 1.65. The minimum absolute atomic E-state index is 0.0840. The van der Waals surface area contributed by atoms with E-state index in [1.54, 1.807) is 12.1 Å². The summed E-state index contributed by atoms with van der Waals surface area (Å²) in [6, 6.07) is 4.15. The first-order chi connectivity index (χ1) is 9.40. The van der Waals surface area contributed by atoms with E-state index in [1.165, 1.54) is 13.1 Å². The van der Waals surface area contributed by atoms with E-state index in [9.17, 15) is 9.59 Å². The van der Waals surface area contributed by atoms with Crippen molar-refractivity contribution in [1.82, 2.24) is 5.32 Å². The van der Waals surface area contributed by atoms with Crippen molar-refractivity contribution in [3.8, 4) is 0 Å². The van der Waals surface area contributed by atoms with E-state index in [4.69, 9.17) is 17.3 Å². The number of anilines is 1. The van der Waals surface area contributed by atoms with E-state index >= 15 is 0 Å². The van der Waals surface area contributed by atoms with Crippen molar-refractivity contribution >= 4 is 29.1 Å². The first-order valence-electron chi connectivity index (χ1n) is 6.48. The largest absolute Gasteiger partial charge is 0.355 e. The maximum absolute atomic E-state index is 12.0. The molecule has 0 fully saturated rings. The van der Waals surface area contributed by atoms with Gasteiger partial charge in [-0.25, -0.2) is 0 Å². The summed E-state index contributed by atoms with van der Waals surface area (Å²) in [5, 5.41) is 5.52. The number of benzene rings is 1. The van der Waals surface area contributed by atoms with Crippen LogP contribution in [-0.4, -0.2) is 24.9 Å². The highest BCUT2D eigenvalue weighted by Gasteiger charge is 2.20. The van der Waals surface area contributed by atoms with Gasteiger partial charge in [0.1, 0.15) is 0 Å². The smallest absolute Gasteiger partial charge is 0.252 e. The first-order valence-corrected chi connectivity index (χ1v) is 6.86. The lowest BCUT2D eigenvalue weighted by Crippen LogP contribution is -2.40. The molecule has 0 saturated heterocycles. The van der Waals surface area contributed by atoms with Gasteiger partial charge in [0.05, 0.1) is 16.6 Å². The van der Waals surface area contributed by atoms with Crippen LogP contribution in [0.2, 0.25) is 5.02 Å². The number of hydrogen-bond donors (Lipinski definition) is 3. The third-order valence-electron chi connectivity index (χ3n) is 3.27. The van der Waals surface area contributed by atoms with Crippen LogP contribution >= 0.6 is 11.6 Å². The Morgan fingerprint density at radius 1 is 1.40 bits per heavy atom. The Labute approximate surface area is 123 Å². The van der Waals surface area contributed by atoms with E-state index < -0.39 is 6.04 Å². The molecule has 2 amide bonds. The molecule has 0 saturated carbocycles. The van der Waals surface area contributed by atoms with Crippen LogP contribution in [0.25, 0.3) is 0 Å². The predicted molar refractivity (Wildman–Crippen MR) is 80.9 cm³/mol. The molecule has 1 unspecified atom stereocenters. The van der Waals surface area contributed by atoms with Crippen molar-refractivity contribution in [2.45, 2.75) is 26.3 Å². The van der Waals surface area contributed by atoms with E-state index in [-0.39, 0.29) is 17.7 Å². The van der Waals surface area contributed by atoms with Crippen LogP contribution in [0.3, 0.4) is 0 Å². The second-order valence-electron chi connectivity index (χ2n) is 4.67. The minimum atomic E-state index is -0.584. The number of rotatable bonds is 5. The van der Waals surface area contributed by atoms with Crippen LogP contribution < -0.4 is 16.4 Å². The number of carbonyl (C=O) groups excluding carboxylic acids is 2. The molecule has 0 spiro atoms. The monoisotopic (exact) mass is 297 g/mol. The Balaban J connectivity index is 2.88. The molecule has 0 bridgehead atoms. The summed E-state index contributed by atoms with van der Waals surface area (Å²) < 4.78 is 0. The molecule has 0 heterocycles. The van der Waals surface area contributed by atoms with Crippen molar-refractivity contribution < 1.29 is 9.59 Å². The van der Waals surface area contributed by atoms with Gasteiger partial charge in [0.25, 0.3) is 5.91 Å². The minimum Gasteiger partial charge on any atom is -0.355 e. The van der Waals surface area contributed by atoms with Gasteiger partial charge < -0.3 is 16.4 Å². The summed E-state index contributed by atoms with van der Waals surface area (Å²) >= 11 is 5.94. The zero-order valence-electron chi connectivity index (χ0n) is 11.9. The number of hydrogen-bond acceptors (Lipinski definition) is 3. The van der Waals surface area contributed by atoms with Crippen molar-refractivity contribution in [3.63, 3.8) is 0 Å². The quantitative estimate of drug-likeness (QED) is 0.777. The zero-order valence-corrected chi connectivity index (χ0v) is 12.6. The molecule has 0 aliphatic heterocycles. The second-order valence-corrected chi connectivity index (χ2v) is 5.08. The van der Waals surface area contributed by atoms with Crippen molar-refractivity contribution in [2.75, 3.05) is 12.4 Å². The fraction of sp³-hybridized carbons (Fsp3) is 0.429. The Hall–Kier alpha value is -1.59. The first kappa shape index (κ1) is 16.5. The molecule has 1 aromatic carbocycles. The van der Waals surface area contributed by atoms with Gasteiger partial charge >= 0.3 is 0 Å². The number of nitrogens with two attached hydrogens (primary N) is 1. The van der Waals surface area contributed by atoms with Gasteiger partial charge in [-0.1, -0.05) is 31.9 Å². The number of nitrogens with one attached hydrogen (secondary N) is 2. The molecule has 0 aliphatic rings. The molecule has 1 rings (SSSR count). The lowest BCUT2D eigenvalue weighted by Gasteiger charge is -2.18. The molecular weight excluding hydrogens is 278 g/mol. The zero-order chi connectivity index (χ0) is 15.3. The van der Waals surface area contributed by atoms with E-state index in [0.29, 0.717) is 16.3 Å². The van der Waals surface area contributed by atoms with Gasteiger partial charge in [0, 0.05) is 12.7 Å². The molecule has 6 heteroatoms. The lowest BCUT2D eigenvalue weighted by atomic mass is 9.99. The highest BCUT2D eigenvalue weighted by atomic mass is 35.5. The van der Waals surface area contributed by atoms with Gasteiger partial charge in [-0.15, -0.1) is 0 Å². The normalized spacial score (nSPS) is 13.4. The van der Waals surface area contributed by atoms with Gasteiger partial charge in [-0.3, -0.25) is 9.59 Å². The number of halogens is 1. The molecule has 2 atom stereocenters. The molecule has 0 aromatic heterocycles. The van der Waals surface area contributed by atoms with Crippen LogP contribution in [-0.2, 0) is 4.79 Å². The average Bonchev–Trinajstić information content (AvgIpc) is 2.46. The van der Waals surface area contributed by atoms with Crippen molar-refractivity contribution in [2.24, 2.45) is 11.7 Å². The summed E-state index contributed by atoms with van der Waals surface area (Å²) in [6.45, 7) is 3.89. The third-order valence-corrected chi connectivity index (χ3v) is 3.59. The molecule has 5 nitrogen and oxygen atoms in total. The molecule has 1 aromatic rings. The molecule has 20 heavy (non-hydrogen) atoms. The SMILES string of the molecule is CCC(C)[C@H](N)C(=O)Nc1ccc(Cl)c(C(=O)NC)c1. The third kappa shape index (κ3) is 3.95. The van der Waals surface area contributed by atoms with Crippen molar-refractivity contribution in [3.05, 3.63) is 28.8 Å². The van der Waals surface area contributed by atoms with Crippen LogP contribution in [0, 0.1) is 5.92 Å². The molecule has 110 valence electrons. The van der Waals surface area contributed by atoms with E-state index in [0.717, 1.165) is 6.42 Å². The Kier molecular flexibility index (Phi) is 5.98. The van der Waals surface area contributed by atoms with Gasteiger partial charge in [-0.2, -0.15) is 0 Å². The second kappa shape index (κ2) is 7.26. The lowest BCUT2D eigenvalue weighted by molar-refractivity contribution is -0.118. The summed E-state index contributed by atoms with van der Waals surface area (Å²) in [4.78, 5) is 23.6. The van der Waals surface area contributed by atoms with Crippen LogP contribution in [0.1, 0.15) is 30.6 Å². The summed E-state index contributed by atoms with van der Waals surface area (Å²) in [5.41, 5.74) is 6.66. The van der Waals surface area contributed by atoms with Crippen LogP contribution in [0.4, 0.5) is 5.69 Å². The Bertz CT molecular complexity index is 505. The fourth-order valence-corrected chi connectivity index (χ4v) is 1.85. The van der Waals surface area contributed by atoms with Gasteiger partial charge in [0.2, 0.25) is 5.91 Å². The summed E-state index contributed by atoms with van der Waals surface area (Å²) in [7, 11) is 1.52. The predicted octanol–water partition coefficient (Wildman–Crippen LogP) is 2.01. The topological polar surface area (TPSA) is 84.2 Å².